The summed E-state index contributed by atoms with van der Waals surface area (Å²) in [7, 11) is 0. The molecule has 0 aromatic carbocycles. The molecule has 2 aromatic heterocycles. The van der Waals surface area contributed by atoms with Gasteiger partial charge in [0.1, 0.15) is 17.7 Å². The van der Waals surface area contributed by atoms with Gasteiger partial charge in [0.25, 0.3) is 0 Å². The predicted octanol–water partition coefficient (Wildman–Crippen LogP) is 1.81. The van der Waals surface area contributed by atoms with E-state index in [-0.39, 0.29) is 17.9 Å². The second-order valence-electron chi connectivity index (χ2n) is 6.38. The number of aryl methyl sites for hydroxylation is 1. The van der Waals surface area contributed by atoms with E-state index in [0.29, 0.717) is 6.54 Å². The molecule has 7 heteroatoms. The van der Waals surface area contributed by atoms with Crippen LogP contribution >= 0.6 is 0 Å². The molecule has 1 N–H and O–H groups in total. The third kappa shape index (κ3) is 3.13. The predicted molar refractivity (Wildman–Crippen MR) is 85.8 cm³/mol. The fraction of sp³-hybridized carbons (Fsp3) is 0.625. The van der Waals surface area contributed by atoms with Crippen LogP contribution in [0, 0.1) is 0 Å². The summed E-state index contributed by atoms with van der Waals surface area (Å²) < 4.78 is 4.06. The minimum atomic E-state index is -0.293. The first-order valence-corrected chi connectivity index (χ1v) is 8.29. The number of imidazole rings is 1. The maximum absolute atomic E-state index is 12.5. The molecule has 0 spiro atoms. The van der Waals surface area contributed by atoms with Crippen LogP contribution in [-0.2, 0) is 24.3 Å². The molecule has 23 heavy (non-hydrogen) atoms. The van der Waals surface area contributed by atoms with Gasteiger partial charge in [0, 0.05) is 31.3 Å². The monoisotopic (exact) mass is 316 g/mol. The fourth-order valence-electron chi connectivity index (χ4n) is 3.04. The SMILES string of the molecule is CC(C)c1nccn1[C@@H](C)C(=O)NCc1nnc2n1CCCC2. The maximum atomic E-state index is 12.5. The van der Waals surface area contributed by atoms with Crippen LogP contribution in [0.5, 0.6) is 0 Å². The van der Waals surface area contributed by atoms with Crippen LogP contribution in [0.4, 0.5) is 0 Å². The number of carbonyl (C=O) groups excluding carboxylic acids is 1. The van der Waals surface area contributed by atoms with Gasteiger partial charge in [-0.3, -0.25) is 4.79 Å². The van der Waals surface area contributed by atoms with E-state index in [1.165, 1.54) is 6.42 Å². The highest BCUT2D eigenvalue weighted by atomic mass is 16.2. The Morgan fingerprint density at radius 3 is 2.91 bits per heavy atom. The summed E-state index contributed by atoms with van der Waals surface area (Å²) in [6.07, 6.45) is 6.89. The molecule has 0 fully saturated rings. The number of hydrogen-bond acceptors (Lipinski definition) is 4. The molecule has 3 rings (SSSR count). The molecular weight excluding hydrogens is 292 g/mol. The lowest BCUT2D eigenvalue weighted by Crippen LogP contribution is -2.32. The molecule has 0 bridgehead atoms. The highest BCUT2D eigenvalue weighted by molar-refractivity contribution is 5.79. The van der Waals surface area contributed by atoms with Crippen molar-refractivity contribution in [1.82, 2.24) is 29.6 Å². The van der Waals surface area contributed by atoms with Crippen molar-refractivity contribution in [1.29, 1.82) is 0 Å². The number of nitrogens with zero attached hydrogens (tertiary/aromatic N) is 5. The molecule has 0 aliphatic carbocycles. The Morgan fingerprint density at radius 2 is 2.13 bits per heavy atom. The Morgan fingerprint density at radius 1 is 1.30 bits per heavy atom. The average molecular weight is 316 g/mol. The zero-order chi connectivity index (χ0) is 16.4. The maximum Gasteiger partial charge on any atom is 0.243 e. The van der Waals surface area contributed by atoms with Crippen molar-refractivity contribution < 1.29 is 4.79 Å². The standard InChI is InChI=1S/C16H24N6O/c1-11(2)15-17-7-9-21(15)12(3)16(23)18-10-14-20-19-13-6-4-5-8-22(13)14/h7,9,11-12H,4-6,8,10H2,1-3H3,(H,18,23)/t12-/m0/s1. The van der Waals surface area contributed by atoms with Gasteiger partial charge in [-0.25, -0.2) is 4.98 Å². The minimum absolute atomic E-state index is 0.0296. The molecule has 0 saturated carbocycles. The van der Waals surface area contributed by atoms with Crippen molar-refractivity contribution in [3.05, 3.63) is 29.9 Å². The van der Waals surface area contributed by atoms with Crippen molar-refractivity contribution in [2.24, 2.45) is 0 Å². The van der Waals surface area contributed by atoms with Crippen LogP contribution < -0.4 is 5.32 Å². The molecule has 0 unspecified atom stereocenters. The summed E-state index contributed by atoms with van der Waals surface area (Å²) >= 11 is 0. The van der Waals surface area contributed by atoms with Gasteiger partial charge in [-0.15, -0.1) is 10.2 Å². The first-order chi connectivity index (χ1) is 11.1. The van der Waals surface area contributed by atoms with Crippen molar-refractivity contribution in [2.75, 3.05) is 0 Å². The number of nitrogens with one attached hydrogen (secondary N) is 1. The molecule has 1 atom stereocenters. The topological polar surface area (TPSA) is 77.6 Å². The van der Waals surface area contributed by atoms with Gasteiger partial charge in [-0.2, -0.15) is 0 Å². The van der Waals surface area contributed by atoms with E-state index in [4.69, 9.17) is 0 Å². The lowest BCUT2D eigenvalue weighted by Gasteiger charge is -2.18. The fourth-order valence-corrected chi connectivity index (χ4v) is 3.04. The van der Waals surface area contributed by atoms with Crippen molar-refractivity contribution in [2.45, 2.75) is 65.1 Å². The van der Waals surface area contributed by atoms with Gasteiger partial charge < -0.3 is 14.5 Å². The van der Waals surface area contributed by atoms with Crippen LogP contribution in [0.3, 0.4) is 0 Å². The third-order valence-electron chi connectivity index (χ3n) is 4.37. The average Bonchev–Trinajstić information content (AvgIpc) is 3.19. The molecule has 124 valence electrons. The summed E-state index contributed by atoms with van der Waals surface area (Å²) in [5.41, 5.74) is 0. The molecule has 1 amide bonds. The van der Waals surface area contributed by atoms with Crippen LogP contribution in [-0.4, -0.2) is 30.2 Å². The van der Waals surface area contributed by atoms with E-state index in [1.54, 1.807) is 6.20 Å². The van der Waals surface area contributed by atoms with Gasteiger partial charge in [-0.05, 0) is 19.8 Å². The van der Waals surface area contributed by atoms with Gasteiger partial charge in [0.2, 0.25) is 5.91 Å². The smallest absolute Gasteiger partial charge is 0.243 e. The van der Waals surface area contributed by atoms with E-state index in [0.717, 1.165) is 36.9 Å². The van der Waals surface area contributed by atoms with Gasteiger partial charge in [0.15, 0.2) is 5.82 Å². The zero-order valence-electron chi connectivity index (χ0n) is 14.0. The summed E-state index contributed by atoms with van der Waals surface area (Å²) in [4.78, 5) is 16.8. The van der Waals surface area contributed by atoms with Crippen LogP contribution in [0.1, 0.15) is 63.0 Å². The molecular formula is C16H24N6O. The summed E-state index contributed by atoms with van der Waals surface area (Å²) in [5, 5.41) is 11.4. The number of amides is 1. The summed E-state index contributed by atoms with van der Waals surface area (Å²) in [6, 6.07) is -0.293. The zero-order valence-corrected chi connectivity index (χ0v) is 14.0. The first kappa shape index (κ1) is 15.7. The molecule has 3 heterocycles. The Hall–Kier alpha value is -2.18. The number of hydrogen-bond donors (Lipinski definition) is 1. The van der Waals surface area contributed by atoms with Crippen molar-refractivity contribution in [3.8, 4) is 0 Å². The van der Waals surface area contributed by atoms with Crippen LogP contribution in [0.2, 0.25) is 0 Å². The summed E-state index contributed by atoms with van der Waals surface area (Å²) in [5.74, 6) is 3.05. The number of aromatic nitrogens is 5. The molecule has 2 aromatic rings. The largest absolute Gasteiger partial charge is 0.347 e. The van der Waals surface area contributed by atoms with Crippen LogP contribution in [0.15, 0.2) is 12.4 Å². The van der Waals surface area contributed by atoms with E-state index in [9.17, 15) is 4.79 Å². The Bertz CT molecular complexity index is 687. The number of fused-ring (bicyclic) bond motifs is 1. The molecule has 1 aliphatic rings. The first-order valence-electron chi connectivity index (χ1n) is 8.29. The van der Waals surface area contributed by atoms with Crippen molar-refractivity contribution >= 4 is 5.91 Å². The highest BCUT2D eigenvalue weighted by Crippen LogP contribution is 2.18. The molecule has 0 radical (unpaired) electrons. The van der Waals surface area contributed by atoms with Gasteiger partial charge in [-0.1, -0.05) is 13.8 Å². The lowest BCUT2D eigenvalue weighted by atomic mass is 10.1. The van der Waals surface area contributed by atoms with Gasteiger partial charge >= 0.3 is 0 Å². The van der Waals surface area contributed by atoms with Crippen LogP contribution in [0.25, 0.3) is 0 Å². The van der Waals surface area contributed by atoms with E-state index in [2.05, 4.69) is 38.9 Å². The highest BCUT2D eigenvalue weighted by Gasteiger charge is 2.21. The molecule has 7 nitrogen and oxygen atoms in total. The minimum Gasteiger partial charge on any atom is -0.347 e. The Kier molecular flexibility index (Phi) is 4.45. The van der Waals surface area contributed by atoms with E-state index in [1.807, 2.05) is 17.7 Å². The third-order valence-corrected chi connectivity index (χ3v) is 4.37. The van der Waals surface area contributed by atoms with E-state index >= 15 is 0 Å². The Labute approximate surface area is 136 Å². The molecule has 0 saturated heterocycles. The normalized spacial score (nSPS) is 15.5. The van der Waals surface area contributed by atoms with E-state index < -0.39 is 0 Å². The van der Waals surface area contributed by atoms with Gasteiger partial charge in [0.05, 0.1) is 6.54 Å². The Balaban J connectivity index is 1.65. The lowest BCUT2D eigenvalue weighted by molar-refractivity contribution is -0.124. The molecule has 1 aliphatic heterocycles. The quantitative estimate of drug-likeness (QED) is 0.912. The number of rotatable bonds is 5. The second-order valence-corrected chi connectivity index (χ2v) is 6.38. The van der Waals surface area contributed by atoms with Crippen molar-refractivity contribution in [3.63, 3.8) is 0 Å². The second kappa shape index (κ2) is 6.52. The summed E-state index contributed by atoms with van der Waals surface area (Å²) in [6.45, 7) is 7.41. The number of carbonyl (C=O) groups is 1.